The highest BCUT2D eigenvalue weighted by atomic mass is 32.1. The van der Waals surface area contributed by atoms with E-state index >= 15 is 0 Å². The predicted molar refractivity (Wildman–Crippen MR) is 107 cm³/mol. The van der Waals surface area contributed by atoms with Crippen molar-refractivity contribution in [3.63, 3.8) is 0 Å². The third kappa shape index (κ3) is 5.80. The topological polar surface area (TPSA) is 82.3 Å². The van der Waals surface area contributed by atoms with Gasteiger partial charge in [0, 0.05) is 24.5 Å². The molecule has 2 unspecified atom stereocenters. The van der Waals surface area contributed by atoms with Crippen molar-refractivity contribution in [2.75, 3.05) is 45.9 Å². The number of morpholine rings is 1. The van der Waals surface area contributed by atoms with Crippen molar-refractivity contribution in [1.29, 1.82) is 0 Å². The molecule has 1 saturated heterocycles. The zero-order valence-electron chi connectivity index (χ0n) is 15.6. The van der Waals surface area contributed by atoms with E-state index in [1.165, 1.54) is 4.88 Å². The third-order valence-electron chi connectivity index (χ3n) is 4.46. The number of aliphatic hydroxyl groups excluding tert-OH is 1. The van der Waals surface area contributed by atoms with Crippen LogP contribution in [0.25, 0.3) is 0 Å². The molecule has 1 aliphatic heterocycles. The standard InChI is InChI=1S/C19H28N4O3S/c1-2-20-19(22-14-16(24)17-5-3-9-26-17)21-13-15(18-6-4-12-27-18)23-7-10-25-11-8-23/h3-6,9,12,15-16,24H,2,7-8,10-11,13-14H2,1H3,(H2,20,21,22). The van der Waals surface area contributed by atoms with Crippen molar-refractivity contribution < 1.29 is 14.3 Å². The molecule has 3 heterocycles. The highest BCUT2D eigenvalue weighted by Gasteiger charge is 2.23. The summed E-state index contributed by atoms with van der Waals surface area (Å²) in [6.45, 7) is 7.12. The summed E-state index contributed by atoms with van der Waals surface area (Å²) < 4.78 is 10.7. The van der Waals surface area contributed by atoms with E-state index in [2.05, 4.69) is 33.0 Å². The van der Waals surface area contributed by atoms with Crippen LogP contribution in [-0.2, 0) is 4.74 Å². The van der Waals surface area contributed by atoms with E-state index in [9.17, 15) is 5.11 Å². The fraction of sp³-hybridized carbons (Fsp3) is 0.526. The lowest BCUT2D eigenvalue weighted by Crippen LogP contribution is -2.42. The Kier molecular flexibility index (Phi) is 7.70. The first-order chi connectivity index (χ1) is 13.3. The van der Waals surface area contributed by atoms with Crippen LogP contribution in [0.1, 0.15) is 29.7 Å². The van der Waals surface area contributed by atoms with E-state index in [1.807, 2.05) is 6.92 Å². The lowest BCUT2D eigenvalue weighted by atomic mass is 10.2. The zero-order chi connectivity index (χ0) is 18.9. The number of guanidine groups is 1. The number of nitrogens with one attached hydrogen (secondary N) is 2. The average Bonchev–Trinajstić information content (AvgIpc) is 3.41. The van der Waals surface area contributed by atoms with Crippen molar-refractivity contribution in [3.05, 3.63) is 46.5 Å². The van der Waals surface area contributed by atoms with Crippen LogP contribution in [0.15, 0.2) is 45.3 Å². The molecule has 0 saturated carbocycles. The maximum absolute atomic E-state index is 10.2. The molecule has 8 heteroatoms. The molecular weight excluding hydrogens is 364 g/mol. The van der Waals surface area contributed by atoms with Crippen molar-refractivity contribution >= 4 is 17.3 Å². The summed E-state index contributed by atoms with van der Waals surface area (Å²) in [5, 5.41) is 18.8. The largest absolute Gasteiger partial charge is 0.467 e. The summed E-state index contributed by atoms with van der Waals surface area (Å²) in [5.41, 5.74) is 0. The minimum absolute atomic E-state index is 0.236. The molecule has 148 valence electrons. The molecule has 2 atom stereocenters. The van der Waals surface area contributed by atoms with Crippen LogP contribution in [0.5, 0.6) is 0 Å². The number of aliphatic hydroxyl groups is 1. The number of furan rings is 1. The van der Waals surface area contributed by atoms with Crippen LogP contribution in [-0.4, -0.2) is 61.9 Å². The quantitative estimate of drug-likeness (QED) is 0.471. The van der Waals surface area contributed by atoms with Gasteiger partial charge in [0.15, 0.2) is 5.96 Å². The lowest BCUT2D eigenvalue weighted by Gasteiger charge is -2.33. The van der Waals surface area contributed by atoms with Crippen LogP contribution in [0.3, 0.4) is 0 Å². The minimum atomic E-state index is -0.712. The van der Waals surface area contributed by atoms with Gasteiger partial charge in [-0.15, -0.1) is 11.3 Å². The van der Waals surface area contributed by atoms with Crippen LogP contribution >= 0.6 is 11.3 Å². The Balaban J connectivity index is 1.63. The molecule has 0 aliphatic carbocycles. The van der Waals surface area contributed by atoms with E-state index in [-0.39, 0.29) is 6.04 Å². The Hall–Kier alpha value is -1.87. The van der Waals surface area contributed by atoms with Gasteiger partial charge in [0.25, 0.3) is 0 Å². The highest BCUT2D eigenvalue weighted by molar-refractivity contribution is 7.10. The summed E-state index contributed by atoms with van der Waals surface area (Å²) in [7, 11) is 0. The van der Waals surface area contributed by atoms with Crippen molar-refractivity contribution in [2.24, 2.45) is 4.99 Å². The van der Waals surface area contributed by atoms with Crippen LogP contribution in [0.4, 0.5) is 0 Å². The van der Waals surface area contributed by atoms with Crippen LogP contribution in [0.2, 0.25) is 0 Å². The van der Waals surface area contributed by atoms with Crippen LogP contribution < -0.4 is 10.6 Å². The van der Waals surface area contributed by atoms with Gasteiger partial charge in [0.1, 0.15) is 11.9 Å². The maximum atomic E-state index is 10.2. The predicted octanol–water partition coefficient (Wildman–Crippen LogP) is 2.00. The first-order valence-corrected chi connectivity index (χ1v) is 10.2. The molecule has 1 aliphatic rings. The average molecular weight is 393 g/mol. The van der Waals surface area contributed by atoms with Gasteiger partial charge in [0.2, 0.25) is 0 Å². The summed E-state index contributed by atoms with van der Waals surface area (Å²) in [4.78, 5) is 8.52. The summed E-state index contributed by atoms with van der Waals surface area (Å²) in [6.07, 6.45) is 0.849. The van der Waals surface area contributed by atoms with Gasteiger partial charge in [-0.3, -0.25) is 9.89 Å². The molecular formula is C19H28N4O3S. The third-order valence-corrected chi connectivity index (χ3v) is 5.43. The molecule has 27 heavy (non-hydrogen) atoms. The van der Waals surface area contributed by atoms with Gasteiger partial charge in [-0.1, -0.05) is 6.07 Å². The molecule has 1 fully saturated rings. The van der Waals surface area contributed by atoms with Gasteiger partial charge in [-0.25, -0.2) is 0 Å². The maximum Gasteiger partial charge on any atom is 0.191 e. The van der Waals surface area contributed by atoms with Gasteiger partial charge < -0.3 is 24.9 Å². The van der Waals surface area contributed by atoms with Gasteiger partial charge in [0.05, 0.1) is 38.6 Å². The molecule has 0 radical (unpaired) electrons. The Bertz CT molecular complexity index is 669. The zero-order valence-corrected chi connectivity index (χ0v) is 16.5. The van der Waals surface area contributed by atoms with Gasteiger partial charge in [-0.2, -0.15) is 0 Å². The SMILES string of the molecule is CCNC(=NCC(c1cccs1)N1CCOCC1)NCC(O)c1ccco1. The fourth-order valence-electron chi connectivity index (χ4n) is 3.05. The lowest BCUT2D eigenvalue weighted by molar-refractivity contribution is 0.0186. The molecule has 0 spiro atoms. The summed E-state index contributed by atoms with van der Waals surface area (Å²) >= 11 is 1.76. The number of nitrogens with zero attached hydrogens (tertiary/aromatic N) is 2. The Morgan fingerprint density at radius 2 is 2.15 bits per heavy atom. The highest BCUT2D eigenvalue weighted by Crippen LogP contribution is 2.26. The summed E-state index contributed by atoms with van der Waals surface area (Å²) in [6, 6.07) is 8.02. The van der Waals surface area contributed by atoms with Crippen LogP contribution in [0, 0.1) is 0 Å². The summed E-state index contributed by atoms with van der Waals surface area (Å²) in [5.74, 6) is 1.24. The molecule has 0 aromatic carbocycles. The van der Waals surface area contributed by atoms with Gasteiger partial charge in [-0.05, 0) is 30.5 Å². The Morgan fingerprint density at radius 1 is 1.30 bits per heavy atom. The van der Waals surface area contributed by atoms with Crippen molar-refractivity contribution in [1.82, 2.24) is 15.5 Å². The fourth-order valence-corrected chi connectivity index (χ4v) is 3.90. The number of ether oxygens (including phenoxy) is 1. The smallest absolute Gasteiger partial charge is 0.191 e. The molecule has 7 nitrogen and oxygen atoms in total. The molecule has 2 aromatic rings. The van der Waals surface area contributed by atoms with Crippen molar-refractivity contribution in [2.45, 2.75) is 19.1 Å². The van der Waals surface area contributed by atoms with Crippen molar-refractivity contribution in [3.8, 4) is 0 Å². The Morgan fingerprint density at radius 3 is 2.81 bits per heavy atom. The monoisotopic (exact) mass is 392 g/mol. The number of thiophene rings is 1. The van der Waals surface area contributed by atoms with E-state index in [0.29, 0.717) is 24.8 Å². The molecule has 0 bridgehead atoms. The second-order valence-corrected chi connectivity index (χ2v) is 7.29. The molecule has 3 N–H and O–H groups in total. The molecule has 0 amide bonds. The second kappa shape index (κ2) is 10.5. The number of hydrogen-bond donors (Lipinski definition) is 3. The first kappa shape index (κ1) is 19.9. The minimum Gasteiger partial charge on any atom is -0.467 e. The molecule has 2 aromatic heterocycles. The number of rotatable bonds is 8. The van der Waals surface area contributed by atoms with E-state index in [4.69, 9.17) is 14.1 Å². The Labute approximate surface area is 164 Å². The van der Waals surface area contributed by atoms with E-state index in [0.717, 1.165) is 32.8 Å². The number of aliphatic imine (C=N–C) groups is 1. The normalized spacial score (nSPS) is 18.2. The second-order valence-electron chi connectivity index (χ2n) is 6.31. The first-order valence-electron chi connectivity index (χ1n) is 9.36. The molecule has 3 rings (SSSR count). The van der Waals surface area contributed by atoms with E-state index < -0.39 is 6.10 Å². The van der Waals surface area contributed by atoms with E-state index in [1.54, 1.807) is 29.7 Å². The number of hydrogen-bond acceptors (Lipinski definition) is 6. The van der Waals surface area contributed by atoms with Gasteiger partial charge >= 0.3 is 0 Å².